The third-order valence-corrected chi connectivity index (χ3v) is 8.22. The molecule has 2 aliphatic rings. The molecule has 2 heterocycles. The Hall–Kier alpha value is -2.33. The predicted molar refractivity (Wildman–Crippen MR) is 109 cm³/mol. The molecular formula is C21H26F2N4O3S. The molecule has 31 heavy (non-hydrogen) atoms. The van der Waals surface area contributed by atoms with Crippen LogP contribution in [-0.2, 0) is 28.4 Å². The minimum absolute atomic E-state index is 0.0243. The van der Waals surface area contributed by atoms with Crippen LogP contribution in [0.1, 0.15) is 37.7 Å². The minimum Gasteiger partial charge on any atom is -0.352 e. The summed E-state index contributed by atoms with van der Waals surface area (Å²) >= 11 is 0. The van der Waals surface area contributed by atoms with Gasteiger partial charge in [-0.2, -0.15) is 4.31 Å². The first-order chi connectivity index (χ1) is 14.7. The Morgan fingerprint density at radius 2 is 1.97 bits per heavy atom. The minimum atomic E-state index is -3.81. The van der Waals surface area contributed by atoms with E-state index in [4.69, 9.17) is 0 Å². The topological polar surface area (TPSA) is 84.3 Å². The van der Waals surface area contributed by atoms with Gasteiger partial charge in [0.25, 0.3) is 10.0 Å². The lowest BCUT2D eigenvalue weighted by Gasteiger charge is -2.37. The first-order valence-electron chi connectivity index (χ1n) is 10.4. The second kappa shape index (κ2) is 8.31. The summed E-state index contributed by atoms with van der Waals surface area (Å²) in [7, 11) is -2.11. The Kier molecular flexibility index (Phi) is 5.87. The molecule has 1 aliphatic heterocycles. The fourth-order valence-corrected chi connectivity index (χ4v) is 6.36. The molecule has 1 N–H and O–H groups in total. The van der Waals surface area contributed by atoms with E-state index >= 15 is 0 Å². The van der Waals surface area contributed by atoms with Gasteiger partial charge in [-0.1, -0.05) is 25.3 Å². The van der Waals surface area contributed by atoms with E-state index in [9.17, 15) is 22.0 Å². The summed E-state index contributed by atoms with van der Waals surface area (Å²) in [5.41, 5.74) is 0.0269. The molecule has 1 spiro atoms. The third kappa shape index (κ3) is 4.23. The zero-order valence-corrected chi connectivity index (χ0v) is 18.2. The van der Waals surface area contributed by atoms with E-state index in [1.165, 1.54) is 22.9 Å². The zero-order valence-electron chi connectivity index (χ0n) is 17.4. The van der Waals surface area contributed by atoms with Crippen molar-refractivity contribution in [2.24, 2.45) is 18.4 Å². The summed E-state index contributed by atoms with van der Waals surface area (Å²) in [5, 5.41) is 2.78. The van der Waals surface area contributed by atoms with Gasteiger partial charge in [-0.05, 0) is 36.0 Å². The van der Waals surface area contributed by atoms with Gasteiger partial charge in [-0.15, -0.1) is 0 Å². The number of hydrogen-bond acceptors (Lipinski definition) is 4. The van der Waals surface area contributed by atoms with Gasteiger partial charge in [0.2, 0.25) is 5.91 Å². The zero-order chi connectivity index (χ0) is 22.2. The maximum absolute atomic E-state index is 13.5. The van der Waals surface area contributed by atoms with Gasteiger partial charge in [-0.3, -0.25) is 4.79 Å². The van der Waals surface area contributed by atoms with Gasteiger partial charge in [0.15, 0.2) is 16.7 Å². The van der Waals surface area contributed by atoms with E-state index in [0.29, 0.717) is 5.56 Å². The molecule has 168 valence electrons. The lowest BCUT2D eigenvalue weighted by molar-refractivity contribution is -0.128. The molecule has 1 unspecified atom stereocenters. The quantitative estimate of drug-likeness (QED) is 0.756. The van der Waals surface area contributed by atoms with Gasteiger partial charge in [0.1, 0.15) is 0 Å². The van der Waals surface area contributed by atoms with E-state index in [1.807, 2.05) is 0 Å². The summed E-state index contributed by atoms with van der Waals surface area (Å²) in [6.07, 6.45) is 7.42. The highest BCUT2D eigenvalue weighted by atomic mass is 32.2. The summed E-state index contributed by atoms with van der Waals surface area (Å²) in [6, 6.07) is 3.50. The molecule has 1 atom stereocenters. The third-order valence-electron chi connectivity index (χ3n) is 6.52. The van der Waals surface area contributed by atoms with Crippen LogP contribution in [0.5, 0.6) is 0 Å². The average Bonchev–Trinajstić information content (AvgIpc) is 3.34. The predicted octanol–water partition coefficient (Wildman–Crippen LogP) is 2.59. The van der Waals surface area contributed by atoms with Crippen LogP contribution in [0.25, 0.3) is 0 Å². The van der Waals surface area contributed by atoms with Gasteiger partial charge < -0.3 is 9.88 Å². The molecule has 10 heteroatoms. The maximum atomic E-state index is 13.5. The Morgan fingerprint density at radius 3 is 2.61 bits per heavy atom. The van der Waals surface area contributed by atoms with Crippen LogP contribution in [0.3, 0.4) is 0 Å². The smallest absolute Gasteiger partial charge is 0.262 e. The summed E-state index contributed by atoms with van der Waals surface area (Å²) in [6.45, 7) is 0.424. The van der Waals surface area contributed by atoms with Gasteiger partial charge in [0, 0.05) is 32.9 Å². The highest BCUT2D eigenvalue weighted by Gasteiger charge is 2.53. The van der Waals surface area contributed by atoms with Crippen LogP contribution in [0.2, 0.25) is 0 Å². The highest BCUT2D eigenvalue weighted by Crippen LogP contribution is 2.48. The number of nitrogens with zero attached hydrogens (tertiary/aromatic N) is 3. The number of benzene rings is 1. The number of sulfonamides is 1. The standard InChI is InChI=1S/C21H26F2N4O3S/c1-26-12-19(25-14-26)31(29,30)27-11-16(21(13-27)7-3-2-4-8-21)20(28)24-10-15-5-6-17(22)18(23)9-15/h5-6,9,12,14,16H,2-4,7-8,10-11,13H2,1H3,(H,24,28). The Bertz CT molecular complexity index is 1080. The number of aryl methyl sites for hydroxylation is 1. The van der Waals surface area contributed by atoms with E-state index < -0.39 is 33.0 Å². The number of aromatic nitrogens is 2. The summed E-state index contributed by atoms with van der Waals surface area (Å²) in [4.78, 5) is 17.1. The molecule has 1 aromatic heterocycles. The molecule has 2 aromatic rings. The van der Waals surface area contributed by atoms with Crippen LogP contribution in [0.15, 0.2) is 35.7 Å². The van der Waals surface area contributed by atoms with Crippen LogP contribution >= 0.6 is 0 Å². The fourth-order valence-electron chi connectivity index (χ4n) is 4.85. The van der Waals surface area contributed by atoms with E-state index in [2.05, 4.69) is 10.3 Å². The molecule has 1 amide bonds. The Balaban J connectivity index is 1.54. The molecule has 1 aromatic carbocycles. The average molecular weight is 453 g/mol. The van der Waals surface area contributed by atoms with Crippen LogP contribution in [-0.4, -0.2) is 41.3 Å². The van der Waals surface area contributed by atoms with Crippen molar-refractivity contribution in [3.05, 3.63) is 47.9 Å². The maximum Gasteiger partial charge on any atom is 0.262 e. The van der Waals surface area contributed by atoms with Crippen LogP contribution < -0.4 is 5.32 Å². The van der Waals surface area contributed by atoms with Crippen molar-refractivity contribution in [1.29, 1.82) is 0 Å². The number of carbonyl (C=O) groups is 1. The van der Waals surface area contributed by atoms with Gasteiger partial charge in [0.05, 0.1) is 12.2 Å². The first kappa shape index (κ1) is 21.9. The van der Waals surface area contributed by atoms with E-state index in [0.717, 1.165) is 44.2 Å². The molecular weight excluding hydrogens is 426 g/mol. The van der Waals surface area contributed by atoms with Gasteiger partial charge >= 0.3 is 0 Å². The molecule has 4 rings (SSSR count). The number of nitrogens with one attached hydrogen (secondary N) is 1. The lowest BCUT2D eigenvalue weighted by atomic mass is 9.67. The van der Waals surface area contributed by atoms with Gasteiger partial charge in [-0.25, -0.2) is 22.2 Å². The SMILES string of the molecule is Cn1cnc(S(=O)(=O)N2CC(C(=O)NCc3ccc(F)c(F)c3)C3(CCCCC3)C2)c1. The number of amides is 1. The van der Waals surface area contributed by atoms with Crippen molar-refractivity contribution in [3.63, 3.8) is 0 Å². The first-order valence-corrected chi connectivity index (χ1v) is 11.9. The van der Waals surface area contributed by atoms with Crippen LogP contribution in [0.4, 0.5) is 8.78 Å². The molecule has 0 radical (unpaired) electrons. The van der Waals surface area contributed by atoms with Crippen molar-refractivity contribution in [2.45, 2.75) is 43.7 Å². The van der Waals surface area contributed by atoms with Crippen LogP contribution in [0, 0.1) is 23.0 Å². The van der Waals surface area contributed by atoms with Crippen molar-refractivity contribution >= 4 is 15.9 Å². The second-order valence-corrected chi connectivity index (χ2v) is 10.5. The summed E-state index contributed by atoms with van der Waals surface area (Å²) < 4.78 is 55.8. The molecule has 2 fully saturated rings. The summed E-state index contributed by atoms with van der Waals surface area (Å²) in [5.74, 6) is -2.67. The largest absolute Gasteiger partial charge is 0.352 e. The van der Waals surface area contributed by atoms with E-state index in [-0.39, 0.29) is 30.6 Å². The monoisotopic (exact) mass is 452 g/mol. The number of halogens is 2. The normalized spacial score (nSPS) is 21.5. The van der Waals surface area contributed by atoms with Crippen molar-refractivity contribution < 1.29 is 22.0 Å². The fraction of sp³-hybridized carbons (Fsp3) is 0.524. The molecule has 1 aliphatic carbocycles. The number of hydrogen-bond donors (Lipinski definition) is 1. The number of imidazole rings is 1. The highest BCUT2D eigenvalue weighted by molar-refractivity contribution is 7.89. The Labute approximate surface area is 180 Å². The molecule has 1 saturated carbocycles. The number of rotatable bonds is 5. The van der Waals surface area contributed by atoms with Crippen molar-refractivity contribution in [1.82, 2.24) is 19.2 Å². The van der Waals surface area contributed by atoms with E-state index in [1.54, 1.807) is 11.6 Å². The van der Waals surface area contributed by atoms with Crippen molar-refractivity contribution in [2.75, 3.05) is 13.1 Å². The van der Waals surface area contributed by atoms with Crippen molar-refractivity contribution in [3.8, 4) is 0 Å². The molecule has 7 nitrogen and oxygen atoms in total. The lowest BCUT2D eigenvalue weighted by Crippen LogP contribution is -2.42. The number of carbonyl (C=O) groups excluding carboxylic acids is 1. The molecule has 0 bridgehead atoms. The second-order valence-electron chi connectivity index (χ2n) is 8.62. The Morgan fingerprint density at radius 1 is 1.23 bits per heavy atom. The molecule has 1 saturated heterocycles.